The molecule has 1 atom stereocenters. The molecule has 0 aliphatic rings. The first-order chi connectivity index (χ1) is 9.13. The molecule has 0 saturated heterocycles. The summed E-state index contributed by atoms with van der Waals surface area (Å²) in [5.74, 6) is 0.885. The molecular weight excluding hydrogens is 236 g/mol. The predicted molar refractivity (Wildman–Crippen MR) is 78.7 cm³/mol. The van der Waals surface area contributed by atoms with Crippen LogP contribution in [0.4, 0.5) is 11.5 Å². The van der Waals surface area contributed by atoms with Gasteiger partial charge in [-0.3, -0.25) is 0 Å². The van der Waals surface area contributed by atoms with E-state index in [9.17, 15) is 5.11 Å². The molecule has 2 aromatic rings. The van der Waals surface area contributed by atoms with E-state index >= 15 is 0 Å². The first-order valence-corrected chi connectivity index (χ1v) is 6.58. The average Bonchev–Trinajstić information content (AvgIpc) is 2.46. The molecule has 19 heavy (non-hydrogen) atoms. The molecular formula is C16H20N2O. The number of aliphatic hydroxyl groups is 1. The number of pyridine rings is 1. The zero-order chi connectivity index (χ0) is 13.8. The largest absolute Gasteiger partial charge is 0.388 e. The van der Waals surface area contributed by atoms with Crippen molar-refractivity contribution < 1.29 is 5.11 Å². The van der Waals surface area contributed by atoms with Gasteiger partial charge < -0.3 is 10.0 Å². The Morgan fingerprint density at radius 3 is 2.42 bits per heavy atom. The minimum atomic E-state index is -0.427. The molecule has 1 aromatic carbocycles. The van der Waals surface area contributed by atoms with Gasteiger partial charge >= 0.3 is 0 Å². The molecule has 1 N–H and O–H groups in total. The predicted octanol–water partition coefficient (Wildman–Crippen LogP) is 3.60. The molecule has 0 aliphatic heterocycles. The Hall–Kier alpha value is -1.87. The summed E-state index contributed by atoms with van der Waals surface area (Å²) in [6, 6.07) is 14.0. The number of aliphatic hydroxyl groups excluding tert-OH is 1. The van der Waals surface area contributed by atoms with Crippen molar-refractivity contribution in [3.8, 4) is 0 Å². The summed E-state index contributed by atoms with van der Waals surface area (Å²) in [6.45, 7) is 3.91. The SMILES string of the molecule is CC[C@H](O)c1ccc(N(C)c2ccccc2)nc1C. The second-order valence-corrected chi connectivity index (χ2v) is 4.66. The fraction of sp³-hybridized carbons (Fsp3) is 0.312. The molecule has 3 nitrogen and oxygen atoms in total. The molecule has 3 heteroatoms. The number of nitrogens with zero attached hydrogens (tertiary/aromatic N) is 2. The number of benzene rings is 1. The lowest BCUT2D eigenvalue weighted by molar-refractivity contribution is 0.172. The van der Waals surface area contributed by atoms with E-state index in [2.05, 4.69) is 4.98 Å². The van der Waals surface area contributed by atoms with Gasteiger partial charge in [0, 0.05) is 24.0 Å². The fourth-order valence-electron chi connectivity index (χ4n) is 2.10. The second-order valence-electron chi connectivity index (χ2n) is 4.66. The monoisotopic (exact) mass is 256 g/mol. The number of para-hydroxylation sites is 1. The van der Waals surface area contributed by atoms with Crippen molar-refractivity contribution in [1.82, 2.24) is 4.98 Å². The highest BCUT2D eigenvalue weighted by Gasteiger charge is 2.12. The Kier molecular flexibility index (Phi) is 4.17. The summed E-state index contributed by atoms with van der Waals surface area (Å²) < 4.78 is 0. The molecule has 100 valence electrons. The van der Waals surface area contributed by atoms with Crippen LogP contribution in [0, 0.1) is 6.92 Å². The van der Waals surface area contributed by atoms with Gasteiger partial charge in [0.05, 0.1) is 6.10 Å². The normalized spacial score (nSPS) is 12.2. The van der Waals surface area contributed by atoms with E-state index in [1.165, 1.54) is 0 Å². The van der Waals surface area contributed by atoms with Crippen molar-refractivity contribution in [3.63, 3.8) is 0 Å². The Bertz CT molecular complexity index is 540. The Morgan fingerprint density at radius 2 is 1.84 bits per heavy atom. The summed E-state index contributed by atoms with van der Waals surface area (Å²) >= 11 is 0. The molecule has 0 radical (unpaired) electrons. The van der Waals surface area contributed by atoms with E-state index in [4.69, 9.17) is 0 Å². The van der Waals surface area contributed by atoms with Gasteiger partial charge in [-0.15, -0.1) is 0 Å². The van der Waals surface area contributed by atoms with Crippen molar-refractivity contribution in [2.24, 2.45) is 0 Å². The zero-order valence-electron chi connectivity index (χ0n) is 11.7. The van der Waals surface area contributed by atoms with E-state index in [1.54, 1.807) is 0 Å². The van der Waals surface area contributed by atoms with Crippen molar-refractivity contribution >= 4 is 11.5 Å². The lowest BCUT2D eigenvalue weighted by Crippen LogP contribution is -2.12. The lowest BCUT2D eigenvalue weighted by atomic mass is 10.1. The highest BCUT2D eigenvalue weighted by atomic mass is 16.3. The van der Waals surface area contributed by atoms with Crippen LogP contribution < -0.4 is 4.90 Å². The van der Waals surface area contributed by atoms with Gasteiger partial charge in [0.2, 0.25) is 0 Å². The molecule has 0 spiro atoms. The molecule has 0 saturated carbocycles. The Balaban J connectivity index is 2.30. The molecule has 2 rings (SSSR count). The number of rotatable bonds is 4. The van der Waals surface area contributed by atoms with Crippen LogP contribution in [0.15, 0.2) is 42.5 Å². The topological polar surface area (TPSA) is 36.4 Å². The van der Waals surface area contributed by atoms with Gasteiger partial charge in [0.15, 0.2) is 0 Å². The molecule has 0 unspecified atom stereocenters. The standard InChI is InChI=1S/C16H20N2O/c1-4-15(19)14-10-11-16(17-12(14)2)18(3)13-8-6-5-7-9-13/h5-11,15,19H,4H2,1-3H3/t15-/m0/s1. The van der Waals surface area contributed by atoms with Gasteiger partial charge in [-0.1, -0.05) is 31.2 Å². The number of aromatic nitrogens is 1. The van der Waals surface area contributed by atoms with Crippen LogP contribution in [0.3, 0.4) is 0 Å². The lowest BCUT2D eigenvalue weighted by Gasteiger charge is -2.20. The maximum absolute atomic E-state index is 9.90. The Labute approximate surface area is 114 Å². The molecule has 0 amide bonds. The first kappa shape index (κ1) is 13.6. The van der Waals surface area contributed by atoms with Crippen LogP contribution in [0.5, 0.6) is 0 Å². The number of aryl methyl sites for hydroxylation is 1. The average molecular weight is 256 g/mol. The van der Waals surface area contributed by atoms with Crippen LogP contribution in [-0.2, 0) is 0 Å². The minimum absolute atomic E-state index is 0.427. The maximum atomic E-state index is 9.90. The van der Waals surface area contributed by atoms with E-state index in [0.717, 1.165) is 22.8 Å². The van der Waals surface area contributed by atoms with Crippen molar-refractivity contribution in [2.45, 2.75) is 26.4 Å². The minimum Gasteiger partial charge on any atom is -0.388 e. The third-order valence-electron chi connectivity index (χ3n) is 3.34. The summed E-state index contributed by atoms with van der Waals surface area (Å²) in [4.78, 5) is 6.62. The van der Waals surface area contributed by atoms with Gasteiger partial charge in [0.25, 0.3) is 0 Å². The molecule has 0 bridgehead atoms. The molecule has 0 fully saturated rings. The van der Waals surface area contributed by atoms with E-state index in [1.807, 2.05) is 68.3 Å². The van der Waals surface area contributed by atoms with Gasteiger partial charge in [-0.05, 0) is 31.5 Å². The van der Waals surface area contributed by atoms with Gasteiger partial charge in [0.1, 0.15) is 5.82 Å². The summed E-state index contributed by atoms with van der Waals surface area (Å²) in [7, 11) is 1.99. The second kappa shape index (κ2) is 5.85. The zero-order valence-corrected chi connectivity index (χ0v) is 11.7. The fourth-order valence-corrected chi connectivity index (χ4v) is 2.10. The van der Waals surface area contributed by atoms with Crippen LogP contribution in [-0.4, -0.2) is 17.1 Å². The third kappa shape index (κ3) is 2.93. The smallest absolute Gasteiger partial charge is 0.132 e. The van der Waals surface area contributed by atoms with Crippen molar-refractivity contribution in [3.05, 3.63) is 53.7 Å². The number of anilines is 2. The van der Waals surface area contributed by atoms with E-state index in [-0.39, 0.29) is 0 Å². The van der Waals surface area contributed by atoms with Crippen molar-refractivity contribution in [1.29, 1.82) is 0 Å². The quantitative estimate of drug-likeness (QED) is 0.908. The van der Waals surface area contributed by atoms with Crippen LogP contribution >= 0.6 is 0 Å². The van der Waals surface area contributed by atoms with Gasteiger partial charge in [-0.2, -0.15) is 0 Å². The van der Waals surface area contributed by atoms with Gasteiger partial charge in [-0.25, -0.2) is 4.98 Å². The summed E-state index contributed by atoms with van der Waals surface area (Å²) in [6.07, 6.45) is 0.278. The molecule has 1 aromatic heterocycles. The Morgan fingerprint density at radius 1 is 1.16 bits per heavy atom. The van der Waals surface area contributed by atoms with E-state index < -0.39 is 6.10 Å². The highest BCUT2D eigenvalue weighted by Crippen LogP contribution is 2.25. The number of hydrogen-bond donors (Lipinski definition) is 1. The van der Waals surface area contributed by atoms with Crippen molar-refractivity contribution in [2.75, 3.05) is 11.9 Å². The maximum Gasteiger partial charge on any atom is 0.132 e. The summed E-state index contributed by atoms with van der Waals surface area (Å²) in [5.41, 5.74) is 2.89. The van der Waals surface area contributed by atoms with Crippen LogP contribution in [0.2, 0.25) is 0 Å². The molecule has 1 heterocycles. The molecule has 0 aliphatic carbocycles. The highest BCUT2D eigenvalue weighted by molar-refractivity contribution is 5.59. The van der Waals surface area contributed by atoms with Crippen LogP contribution in [0.25, 0.3) is 0 Å². The number of hydrogen-bond acceptors (Lipinski definition) is 3. The first-order valence-electron chi connectivity index (χ1n) is 6.58. The summed E-state index contributed by atoms with van der Waals surface area (Å²) in [5, 5.41) is 9.90. The third-order valence-corrected chi connectivity index (χ3v) is 3.34. The van der Waals surface area contributed by atoms with Crippen LogP contribution in [0.1, 0.15) is 30.7 Å². The van der Waals surface area contributed by atoms with E-state index in [0.29, 0.717) is 6.42 Å².